The Morgan fingerprint density at radius 3 is 2.64 bits per heavy atom. The van der Waals surface area contributed by atoms with Crippen molar-refractivity contribution in [2.45, 2.75) is 31.6 Å². The molecule has 1 fully saturated rings. The average Bonchev–Trinajstić information content (AvgIpc) is 2.66. The van der Waals surface area contributed by atoms with E-state index >= 15 is 0 Å². The largest absolute Gasteiger partial charge is 0.379 e. The molecule has 1 aromatic rings. The molecule has 2 rings (SSSR count). The monoisotopic (exact) mass is 367 g/mol. The van der Waals surface area contributed by atoms with Gasteiger partial charge in [-0.1, -0.05) is 19.9 Å². The fourth-order valence-electron chi connectivity index (χ4n) is 2.50. The van der Waals surface area contributed by atoms with Crippen LogP contribution in [0.2, 0.25) is 0 Å². The maximum atomic E-state index is 12.7. The third kappa shape index (κ3) is 5.10. The number of ether oxygens (including phenoxy) is 1. The van der Waals surface area contributed by atoms with Gasteiger partial charge in [-0.05, 0) is 37.0 Å². The van der Waals surface area contributed by atoms with Gasteiger partial charge < -0.3 is 4.74 Å². The zero-order chi connectivity index (χ0) is 18.3. The van der Waals surface area contributed by atoms with Gasteiger partial charge in [0.1, 0.15) is 0 Å². The highest BCUT2D eigenvalue weighted by Crippen LogP contribution is 2.18. The van der Waals surface area contributed by atoms with Crippen molar-refractivity contribution in [2.75, 3.05) is 26.3 Å². The van der Waals surface area contributed by atoms with Crippen molar-refractivity contribution in [3.8, 4) is 0 Å². The van der Waals surface area contributed by atoms with Gasteiger partial charge in [-0.15, -0.1) is 0 Å². The summed E-state index contributed by atoms with van der Waals surface area (Å²) in [6.45, 7) is 5.51. The van der Waals surface area contributed by atoms with E-state index in [1.807, 2.05) is 0 Å². The van der Waals surface area contributed by atoms with Crippen LogP contribution in [0.25, 0.3) is 0 Å². The fraction of sp³-hybridized carbons (Fsp3) is 0.529. The number of hydrazone groups is 1. The molecule has 0 saturated carbocycles. The Labute approximate surface area is 149 Å². The van der Waals surface area contributed by atoms with Crippen LogP contribution >= 0.6 is 0 Å². The first-order valence-corrected chi connectivity index (χ1v) is 9.94. The molecule has 1 aromatic carbocycles. The van der Waals surface area contributed by atoms with E-state index in [0.29, 0.717) is 32.2 Å². The molecular weight excluding hydrogens is 342 g/mol. The predicted octanol–water partition coefficient (Wildman–Crippen LogP) is 1.86. The van der Waals surface area contributed by atoms with Crippen molar-refractivity contribution in [3.05, 3.63) is 29.8 Å². The van der Waals surface area contributed by atoms with Crippen LogP contribution in [-0.4, -0.2) is 51.1 Å². The summed E-state index contributed by atoms with van der Waals surface area (Å²) < 4.78 is 31.9. The number of benzene rings is 1. The van der Waals surface area contributed by atoms with Crippen molar-refractivity contribution < 1.29 is 17.9 Å². The van der Waals surface area contributed by atoms with Gasteiger partial charge in [-0.2, -0.15) is 9.41 Å². The molecular formula is C17H25N3O4S. The molecule has 7 nitrogen and oxygen atoms in total. The molecule has 0 spiro atoms. The maximum Gasteiger partial charge on any atom is 0.271 e. The Kier molecular flexibility index (Phi) is 7.10. The first kappa shape index (κ1) is 19.6. The summed E-state index contributed by atoms with van der Waals surface area (Å²) in [6, 6.07) is 6.01. The van der Waals surface area contributed by atoms with Crippen molar-refractivity contribution in [3.63, 3.8) is 0 Å². The molecule has 25 heavy (non-hydrogen) atoms. The quantitative estimate of drug-likeness (QED) is 0.588. The summed E-state index contributed by atoms with van der Waals surface area (Å²) in [5.74, 6) is -0.116. The van der Waals surface area contributed by atoms with Gasteiger partial charge >= 0.3 is 0 Å². The molecule has 0 atom stereocenters. The van der Waals surface area contributed by atoms with E-state index in [9.17, 15) is 13.2 Å². The van der Waals surface area contributed by atoms with E-state index in [2.05, 4.69) is 24.4 Å². The Hall–Kier alpha value is -1.77. The van der Waals surface area contributed by atoms with Crippen LogP contribution < -0.4 is 5.43 Å². The molecule has 1 saturated heterocycles. The van der Waals surface area contributed by atoms with Crippen molar-refractivity contribution in [1.82, 2.24) is 9.73 Å². The summed E-state index contributed by atoms with van der Waals surface area (Å²) in [4.78, 5) is 12.3. The lowest BCUT2D eigenvalue weighted by Gasteiger charge is -2.26. The number of carbonyl (C=O) groups excluding carboxylic acids is 1. The lowest BCUT2D eigenvalue weighted by molar-refractivity contribution is 0.0730. The van der Waals surface area contributed by atoms with Gasteiger partial charge in [0.15, 0.2) is 0 Å². The highest BCUT2D eigenvalue weighted by molar-refractivity contribution is 7.89. The van der Waals surface area contributed by atoms with Crippen molar-refractivity contribution in [2.24, 2.45) is 11.0 Å². The Balaban J connectivity index is 2.11. The molecule has 1 heterocycles. The number of nitrogens with one attached hydrogen (secondary N) is 1. The predicted molar refractivity (Wildman–Crippen MR) is 96.1 cm³/mol. The van der Waals surface area contributed by atoms with E-state index in [1.54, 1.807) is 18.3 Å². The zero-order valence-electron chi connectivity index (χ0n) is 14.6. The van der Waals surface area contributed by atoms with Crippen LogP contribution in [0.3, 0.4) is 0 Å². The molecule has 0 aliphatic carbocycles. The number of carbonyl (C=O) groups is 1. The summed E-state index contributed by atoms with van der Waals surface area (Å²) in [6.07, 6.45) is 3.61. The number of amides is 1. The average molecular weight is 367 g/mol. The lowest BCUT2D eigenvalue weighted by Crippen LogP contribution is -2.40. The molecule has 138 valence electrons. The lowest BCUT2D eigenvalue weighted by atomic mass is 10.1. The third-order valence-corrected chi connectivity index (χ3v) is 6.10. The topological polar surface area (TPSA) is 88.1 Å². The van der Waals surface area contributed by atoms with Crippen LogP contribution in [0.4, 0.5) is 0 Å². The van der Waals surface area contributed by atoms with Crippen molar-refractivity contribution >= 4 is 22.1 Å². The minimum Gasteiger partial charge on any atom is -0.379 e. The molecule has 1 aliphatic heterocycles. The van der Waals surface area contributed by atoms with E-state index in [1.165, 1.54) is 16.4 Å². The number of nitrogens with zero attached hydrogens (tertiary/aromatic N) is 2. The van der Waals surface area contributed by atoms with E-state index in [4.69, 9.17) is 4.74 Å². The normalized spacial score (nSPS) is 16.4. The molecule has 1 N–H and O–H groups in total. The molecule has 0 radical (unpaired) electrons. The zero-order valence-corrected chi connectivity index (χ0v) is 15.5. The van der Waals surface area contributed by atoms with E-state index in [0.717, 1.165) is 12.8 Å². The van der Waals surface area contributed by atoms with Gasteiger partial charge in [0.05, 0.1) is 18.1 Å². The maximum absolute atomic E-state index is 12.7. The van der Waals surface area contributed by atoms with Crippen LogP contribution in [-0.2, 0) is 14.8 Å². The second-order valence-corrected chi connectivity index (χ2v) is 7.78. The van der Waals surface area contributed by atoms with Crippen LogP contribution in [0.5, 0.6) is 0 Å². The SMILES string of the molecule is CCC(/C=N/NC(=O)c1cccc(S(=O)(=O)N2CCOCC2)c1)CC. The molecule has 0 unspecified atom stereocenters. The third-order valence-electron chi connectivity index (χ3n) is 4.20. The van der Waals surface area contributed by atoms with E-state index in [-0.39, 0.29) is 10.5 Å². The standard InChI is InChI=1S/C17H25N3O4S/c1-3-14(4-2)13-18-19-17(21)15-6-5-7-16(12-15)25(22,23)20-8-10-24-11-9-20/h5-7,12-14H,3-4,8-11H2,1-2H3,(H,19,21)/b18-13+. The summed E-state index contributed by atoms with van der Waals surface area (Å²) in [5.41, 5.74) is 2.72. The highest BCUT2D eigenvalue weighted by Gasteiger charge is 2.26. The number of morpholine rings is 1. The van der Waals surface area contributed by atoms with Gasteiger partial charge in [-0.25, -0.2) is 13.8 Å². The fourth-order valence-corrected chi connectivity index (χ4v) is 3.95. The molecule has 1 amide bonds. The van der Waals surface area contributed by atoms with Crippen LogP contribution in [0.15, 0.2) is 34.3 Å². The highest BCUT2D eigenvalue weighted by atomic mass is 32.2. The molecule has 1 aliphatic rings. The van der Waals surface area contributed by atoms with Gasteiger partial charge in [-0.3, -0.25) is 4.79 Å². The Morgan fingerprint density at radius 2 is 2.00 bits per heavy atom. The van der Waals surface area contributed by atoms with Crippen LogP contribution in [0, 0.1) is 5.92 Å². The number of rotatable bonds is 7. The van der Waals surface area contributed by atoms with Crippen LogP contribution in [0.1, 0.15) is 37.0 Å². The van der Waals surface area contributed by atoms with Crippen molar-refractivity contribution in [1.29, 1.82) is 0 Å². The summed E-state index contributed by atoms with van der Waals surface area (Å²) >= 11 is 0. The Bertz CT molecular complexity index is 708. The minimum atomic E-state index is -3.62. The van der Waals surface area contributed by atoms with Gasteiger partial charge in [0.2, 0.25) is 10.0 Å². The number of hydrogen-bond donors (Lipinski definition) is 1. The molecule has 8 heteroatoms. The second kappa shape index (κ2) is 9.07. The summed E-state index contributed by atoms with van der Waals surface area (Å²) in [5, 5.41) is 3.97. The number of hydrogen-bond acceptors (Lipinski definition) is 5. The van der Waals surface area contributed by atoms with Gasteiger partial charge in [0.25, 0.3) is 5.91 Å². The summed E-state index contributed by atoms with van der Waals surface area (Å²) in [7, 11) is -3.62. The Morgan fingerprint density at radius 1 is 1.32 bits per heavy atom. The molecule has 0 aromatic heterocycles. The number of sulfonamides is 1. The molecule has 0 bridgehead atoms. The smallest absolute Gasteiger partial charge is 0.271 e. The van der Waals surface area contributed by atoms with E-state index < -0.39 is 15.9 Å². The first-order valence-electron chi connectivity index (χ1n) is 8.50. The first-order chi connectivity index (χ1) is 12.0. The minimum absolute atomic E-state index is 0.103. The second-order valence-electron chi connectivity index (χ2n) is 5.84. The van der Waals surface area contributed by atoms with Gasteiger partial charge in [0, 0.05) is 24.9 Å².